The highest BCUT2D eigenvalue weighted by Crippen LogP contribution is 2.34. The number of rotatable bonds is 10. The summed E-state index contributed by atoms with van der Waals surface area (Å²) in [7, 11) is 0. The van der Waals surface area contributed by atoms with E-state index in [1.807, 2.05) is 26.0 Å². The van der Waals surface area contributed by atoms with Crippen molar-refractivity contribution in [1.82, 2.24) is 0 Å². The van der Waals surface area contributed by atoms with E-state index >= 15 is 0 Å². The van der Waals surface area contributed by atoms with Gasteiger partial charge in [-0.2, -0.15) is 0 Å². The van der Waals surface area contributed by atoms with Gasteiger partial charge in [-0.3, -0.25) is 0 Å². The van der Waals surface area contributed by atoms with Crippen molar-refractivity contribution in [1.29, 1.82) is 0 Å². The SMILES string of the molecule is CCOCC(C)Oc1ccc(Cc2cc(C3CC(O)CC(CCO)O3)ccc2C)cc1. The lowest BCUT2D eigenvalue weighted by Gasteiger charge is -2.33. The van der Waals surface area contributed by atoms with Gasteiger partial charge in [0.25, 0.3) is 0 Å². The number of aliphatic hydroxyl groups is 2. The van der Waals surface area contributed by atoms with Crippen molar-refractivity contribution in [3.63, 3.8) is 0 Å². The number of aryl methyl sites for hydroxylation is 1. The molecule has 1 aliphatic heterocycles. The maximum absolute atomic E-state index is 10.3. The smallest absolute Gasteiger partial charge is 0.119 e. The van der Waals surface area contributed by atoms with E-state index in [-0.39, 0.29) is 24.9 Å². The van der Waals surface area contributed by atoms with Crippen LogP contribution >= 0.6 is 0 Å². The normalized spacial score (nSPS) is 22.3. The first-order valence-corrected chi connectivity index (χ1v) is 11.4. The topological polar surface area (TPSA) is 68.2 Å². The summed E-state index contributed by atoms with van der Waals surface area (Å²) in [5.74, 6) is 0.848. The minimum Gasteiger partial charge on any atom is -0.488 e. The third kappa shape index (κ3) is 7.04. The number of hydrogen-bond acceptors (Lipinski definition) is 5. The van der Waals surface area contributed by atoms with Crippen LogP contribution in [-0.4, -0.2) is 48.3 Å². The molecule has 2 aromatic carbocycles. The number of hydrogen-bond donors (Lipinski definition) is 2. The molecule has 0 saturated carbocycles. The lowest BCUT2D eigenvalue weighted by Crippen LogP contribution is -2.32. The van der Waals surface area contributed by atoms with Crippen LogP contribution in [0.5, 0.6) is 5.75 Å². The van der Waals surface area contributed by atoms with Crippen LogP contribution in [0.4, 0.5) is 0 Å². The zero-order valence-corrected chi connectivity index (χ0v) is 18.9. The first-order valence-electron chi connectivity index (χ1n) is 11.4. The molecule has 1 aliphatic rings. The molecule has 170 valence electrons. The van der Waals surface area contributed by atoms with E-state index in [0.29, 0.717) is 32.5 Å². The molecule has 5 heteroatoms. The van der Waals surface area contributed by atoms with E-state index in [2.05, 4.69) is 37.3 Å². The predicted octanol–water partition coefficient (Wildman–Crippen LogP) is 4.35. The van der Waals surface area contributed by atoms with Crippen molar-refractivity contribution in [2.24, 2.45) is 0 Å². The van der Waals surface area contributed by atoms with Crippen molar-refractivity contribution in [2.45, 2.75) is 70.9 Å². The van der Waals surface area contributed by atoms with Crippen molar-refractivity contribution in [3.8, 4) is 5.75 Å². The second-order valence-electron chi connectivity index (χ2n) is 8.48. The van der Waals surface area contributed by atoms with Crippen LogP contribution in [0.25, 0.3) is 0 Å². The van der Waals surface area contributed by atoms with Gasteiger partial charge in [0, 0.05) is 19.6 Å². The van der Waals surface area contributed by atoms with Gasteiger partial charge in [-0.05, 0) is 74.4 Å². The fourth-order valence-electron chi connectivity index (χ4n) is 4.07. The minimum atomic E-state index is -0.391. The van der Waals surface area contributed by atoms with Crippen LogP contribution in [0.15, 0.2) is 42.5 Å². The van der Waals surface area contributed by atoms with Crippen LogP contribution in [0.1, 0.15) is 61.5 Å². The molecule has 2 aromatic rings. The van der Waals surface area contributed by atoms with Crippen LogP contribution in [-0.2, 0) is 15.9 Å². The molecular weight excluding hydrogens is 392 g/mol. The summed E-state index contributed by atoms with van der Waals surface area (Å²) in [5, 5.41) is 19.5. The zero-order chi connectivity index (χ0) is 22.2. The van der Waals surface area contributed by atoms with Gasteiger partial charge in [-0.15, -0.1) is 0 Å². The van der Waals surface area contributed by atoms with E-state index in [4.69, 9.17) is 14.2 Å². The zero-order valence-electron chi connectivity index (χ0n) is 18.9. The van der Waals surface area contributed by atoms with Crippen molar-refractivity contribution in [3.05, 3.63) is 64.7 Å². The summed E-state index contributed by atoms with van der Waals surface area (Å²) in [6.45, 7) is 7.46. The Hall–Kier alpha value is -1.92. The van der Waals surface area contributed by atoms with Gasteiger partial charge < -0.3 is 24.4 Å². The molecule has 0 spiro atoms. The Morgan fingerprint density at radius 2 is 1.90 bits per heavy atom. The van der Waals surface area contributed by atoms with Gasteiger partial charge in [0.05, 0.1) is 24.9 Å². The van der Waals surface area contributed by atoms with Gasteiger partial charge in [0.2, 0.25) is 0 Å². The van der Waals surface area contributed by atoms with Crippen LogP contribution in [0.3, 0.4) is 0 Å². The highest BCUT2D eigenvalue weighted by molar-refractivity contribution is 5.38. The monoisotopic (exact) mass is 428 g/mol. The molecule has 5 nitrogen and oxygen atoms in total. The number of ether oxygens (including phenoxy) is 3. The highest BCUT2D eigenvalue weighted by atomic mass is 16.5. The number of benzene rings is 2. The maximum atomic E-state index is 10.3. The maximum Gasteiger partial charge on any atom is 0.119 e. The minimum absolute atomic E-state index is 0.0187. The lowest BCUT2D eigenvalue weighted by atomic mass is 9.91. The molecule has 1 fully saturated rings. The van der Waals surface area contributed by atoms with Crippen LogP contribution in [0.2, 0.25) is 0 Å². The van der Waals surface area contributed by atoms with Crippen molar-refractivity contribution >= 4 is 0 Å². The molecule has 2 N–H and O–H groups in total. The summed E-state index contributed by atoms with van der Waals surface area (Å²) in [5.41, 5.74) is 4.79. The Morgan fingerprint density at radius 1 is 1.13 bits per heavy atom. The number of aliphatic hydroxyl groups excluding tert-OH is 2. The Morgan fingerprint density at radius 3 is 2.61 bits per heavy atom. The Bertz CT molecular complexity index is 804. The van der Waals surface area contributed by atoms with Gasteiger partial charge in [-0.25, -0.2) is 0 Å². The first kappa shape index (κ1) is 23.7. The first-order chi connectivity index (χ1) is 15.0. The summed E-state index contributed by atoms with van der Waals surface area (Å²) >= 11 is 0. The lowest BCUT2D eigenvalue weighted by molar-refractivity contribution is -0.103. The van der Waals surface area contributed by atoms with Gasteiger partial charge >= 0.3 is 0 Å². The van der Waals surface area contributed by atoms with Gasteiger partial charge in [0.1, 0.15) is 11.9 Å². The molecular formula is C26H36O5. The third-order valence-corrected chi connectivity index (χ3v) is 5.79. The van der Waals surface area contributed by atoms with E-state index in [1.165, 1.54) is 16.7 Å². The molecule has 0 aliphatic carbocycles. The largest absolute Gasteiger partial charge is 0.488 e. The summed E-state index contributed by atoms with van der Waals surface area (Å²) in [6.07, 6.45) is 1.96. The van der Waals surface area contributed by atoms with Gasteiger partial charge in [-0.1, -0.05) is 30.3 Å². The summed E-state index contributed by atoms with van der Waals surface area (Å²) in [4.78, 5) is 0. The molecule has 31 heavy (non-hydrogen) atoms. The van der Waals surface area contributed by atoms with Gasteiger partial charge in [0.15, 0.2) is 0 Å². The Labute approximate surface area is 186 Å². The van der Waals surface area contributed by atoms with E-state index in [0.717, 1.165) is 17.7 Å². The molecule has 4 atom stereocenters. The van der Waals surface area contributed by atoms with E-state index < -0.39 is 6.10 Å². The molecule has 1 heterocycles. The summed E-state index contributed by atoms with van der Waals surface area (Å²) < 4.78 is 17.5. The van der Waals surface area contributed by atoms with Crippen molar-refractivity contribution < 1.29 is 24.4 Å². The van der Waals surface area contributed by atoms with Crippen LogP contribution in [0, 0.1) is 6.92 Å². The summed E-state index contributed by atoms with van der Waals surface area (Å²) in [6, 6.07) is 14.6. The molecule has 0 amide bonds. The highest BCUT2D eigenvalue weighted by Gasteiger charge is 2.29. The third-order valence-electron chi connectivity index (χ3n) is 5.79. The average Bonchev–Trinajstić information content (AvgIpc) is 2.75. The quantitative estimate of drug-likeness (QED) is 0.589. The Balaban J connectivity index is 1.66. The van der Waals surface area contributed by atoms with Crippen molar-refractivity contribution in [2.75, 3.05) is 19.8 Å². The fraction of sp³-hybridized carbons (Fsp3) is 0.538. The molecule has 0 radical (unpaired) electrons. The molecule has 3 rings (SSSR count). The fourth-order valence-corrected chi connectivity index (χ4v) is 4.07. The molecule has 0 aromatic heterocycles. The second kappa shape index (κ2) is 11.6. The van der Waals surface area contributed by atoms with Crippen LogP contribution < -0.4 is 4.74 Å². The molecule has 0 bridgehead atoms. The molecule has 4 unspecified atom stereocenters. The standard InChI is InChI=1S/C26H36O5/c1-4-29-17-19(3)30-24-9-6-20(7-10-24)13-22-14-21(8-5-18(22)2)26-16-23(28)15-25(31-26)11-12-27/h5-10,14,19,23,25-28H,4,11-13,15-17H2,1-3H3. The second-order valence-corrected chi connectivity index (χ2v) is 8.48. The van der Waals surface area contributed by atoms with E-state index in [9.17, 15) is 10.2 Å². The average molecular weight is 429 g/mol. The van der Waals surface area contributed by atoms with E-state index in [1.54, 1.807) is 0 Å². The predicted molar refractivity (Wildman–Crippen MR) is 122 cm³/mol. The molecule has 1 saturated heterocycles. The Kier molecular flexibility index (Phi) is 8.90.